The predicted molar refractivity (Wildman–Crippen MR) is 101 cm³/mol. The normalized spacial score (nSPS) is 10.5. The number of esters is 1. The molecule has 0 saturated heterocycles. The van der Waals surface area contributed by atoms with Crippen LogP contribution < -0.4 is 10.1 Å². The molecule has 140 valence electrons. The Morgan fingerprint density at radius 3 is 2.58 bits per heavy atom. The lowest BCUT2D eigenvalue weighted by Crippen LogP contribution is -2.13. The first kappa shape index (κ1) is 19.6. The number of rotatable bonds is 7. The second kappa shape index (κ2) is 8.56. The van der Waals surface area contributed by atoms with Gasteiger partial charge in [0.1, 0.15) is 11.4 Å². The van der Waals surface area contributed by atoms with Crippen molar-refractivity contribution in [1.82, 2.24) is 4.98 Å². The van der Waals surface area contributed by atoms with Crippen molar-refractivity contribution in [3.05, 3.63) is 46.3 Å². The molecular weight excluding hydrogens is 332 g/mol. The molecule has 1 heterocycles. The van der Waals surface area contributed by atoms with E-state index in [1.54, 1.807) is 14.0 Å². The molecule has 0 fully saturated rings. The molecule has 6 heteroatoms. The van der Waals surface area contributed by atoms with Crippen LogP contribution >= 0.6 is 0 Å². The highest BCUT2D eigenvalue weighted by Crippen LogP contribution is 2.26. The van der Waals surface area contributed by atoms with Gasteiger partial charge in [0, 0.05) is 12.1 Å². The molecule has 0 spiro atoms. The molecule has 0 saturated carbocycles. The standard InChI is InChI=1S/C20H26N2O4/c1-6-26-20(24)19-13(3)15(14(4)21-19)8-10-18(23)22-16-11-12(2)7-9-17(16)25-5/h7,9,11,21H,6,8,10H2,1-5H3,(H,22,23). The van der Waals surface area contributed by atoms with E-state index in [4.69, 9.17) is 9.47 Å². The molecule has 0 atom stereocenters. The summed E-state index contributed by atoms with van der Waals surface area (Å²) in [6.07, 6.45) is 0.840. The van der Waals surface area contributed by atoms with Crippen molar-refractivity contribution in [3.8, 4) is 5.75 Å². The van der Waals surface area contributed by atoms with Crippen LogP contribution in [0.4, 0.5) is 5.69 Å². The van der Waals surface area contributed by atoms with E-state index in [9.17, 15) is 9.59 Å². The summed E-state index contributed by atoms with van der Waals surface area (Å²) in [5.74, 6) is 0.155. The summed E-state index contributed by atoms with van der Waals surface area (Å²) in [6.45, 7) is 7.82. The number of aromatic nitrogens is 1. The zero-order valence-electron chi connectivity index (χ0n) is 16.0. The van der Waals surface area contributed by atoms with Gasteiger partial charge in [-0.15, -0.1) is 0 Å². The van der Waals surface area contributed by atoms with Crippen LogP contribution in [-0.4, -0.2) is 30.6 Å². The number of benzene rings is 1. The minimum Gasteiger partial charge on any atom is -0.495 e. The second-order valence-corrected chi connectivity index (χ2v) is 6.20. The van der Waals surface area contributed by atoms with Gasteiger partial charge < -0.3 is 19.8 Å². The van der Waals surface area contributed by atoms with Gasteiger partial charge in [-0.3, -0.25) is 4.79 Å². The molecule has 26 heavy (non-hydrogen) atoms. The molecule has 0 aliphatic rings. The van der Waals surface area contributed by atoms with Gasteiger partial charge in [0.15, 0.2) is 0 Å². The topological polar surface area (TPSA) is 80.4 Å². The maximum absolute atomic E-state index is 12.4. The molecule has 1 aromatic carbocycles. The highest BCUT2D eigenvalue weighted by Gasteiger charge is 2.19. The number of carbonyl (C=O) groups excluding carboxylic acids is 2. The van der Waals surface area contributed by atoms with Crippen LogP contribution in [0.15, 0.2) is 18.2 Å². The first-order valence-corrected chi connectivity index (χ1v) is 8.67. The number of hydrogen-bond acceptors (Lipinski definition) is 4. The van der Waals surface area contributed by atoms with E-state index in [1.807, 2.05) is 39.0 Å². The number of amides is 1. The Kier molecular flexibility index (Phi) is 6.44. The molecule has 0 aliphatic carbocycles. The molecule has 2 N–H and O–H groups in total. The average molecular weight is 358 g/mol. The lowest BCUT2D eigenvalue weighted by Gasteiger charge is -2.11. The van der Waals surface area contributed by atoms with Gasteiger partial charge >= 0.3 is 5.97 Å². The van der Waals surface area contributed by atoms with Crippen molar-refractivity contribution in [2.75, 3.05) is 19.0 Å². The molecule has 0 bridgehead atoms. The van der Waals surface area contributed by atoms with Crippen molar-refractivity contribution in [2.45, 2.75) is 40.5 Å². The number of nitrogens with one attached hydrogen (secondary N) is 2. The van der Waals surface area contributed by atoms with E-state index in [2.05, 4.69) is 10.3 Å². The Hall–Kier alpha value is -2.76. The van der Waals surface area contributed by atoms with E-state index < -0.39 is 0 Å². The smallest absolute Gasteiger partial charge is 0.355 e. The molecule has 1 aromatic heterocycles. The maximum Gasteiger partial charge on any atom is 0.355 e. The average Bonchev–Trinajstić information content (AvgIpc) is 2.88. The van der Waals surface area contributed by atoms with Gasteiger partial charge in [-0.05, 0) is 62.9 Å². The fourth-order valence-electron chi connectivity index (χ4n) is 2.94. The molecule has 6 nitrogen and oxygen atoms in total. The summed E-state index contributed by atoms with van der Waals surface area (Å²) < 4.78 is 10.3. The minimum absolute atomic E-state index is 0.105. The number of methoxy groups -OCH3 is 1. The van der Waals surface area contributed by atoms with Crippen molar-refractivity contribution in [1.29, 1.82) is 0 Å². The van der Waals surface area contributed by atoms with E-state index >= 15 is 0 Å². The fourth-order valence-corrected chi connectivity index (χ4v) is 2.94. The molecule has 2 aromatic rings. The van der Waals surface area contributed by atoms with Gasteiger partial charge in [0.25, 0.3) is 0 Å². The summed E-state index contributed by atoms with van der Waals surface area (Å²) >= 11 is 0. The number of H-pyrrole nitrogens is 1. The summed E-state index contributed by atoms with van der Waals surface area (Å²) in [5.41, 5.74) is 4.85. The fraction of sp³-hybridized carbons (Fsp3) is 0.400. The Balaban J connectivity index is 2.06. The van der Waals surface area contributed by atoms with Gasteiger partial charge in [-0.25, -0.2) is 4.79 Å². The Labute approximate surface area is 153 Å². The second-order valence-electron chi connectivity index (χ2n) is 6.20. The Morgan fingerprint density at radius 1 is 1.19 bits per heavy atom. The summed E-state index contributed by atoms with van der Waals surface area (Å²) in [4.78, 5) is 27.4. The van der Waals surface area contributed by atoms with Crippen LogP contribution in [0.25, 0.3) is 0 Å². The molecule has 0 radical (unpaired) electrons. The number of ether oxygens (including phenoxy) is 2. The van der Waals surface area contributed by atoms with E-state index in [0.29, 0.717) is 36.6 Å². The quantitative estimate of drug-likeness (QED) is 0.740. The third kappa shape index (κ3) is 4.45. The number of carbonyl (C=O) groups is 2. The van der Waals surface area contributed by atoms with Gasteiger partial charge in [-0.2, -0.15) is 0 Å². The van der Waals surface area contributed by atoms with Gasteiger partial charge in [-0.1, -0.05) is 6.07 Å². The summed E-state index contributed by atoms with van der Waals surface area (Å²) in [6, 6.07) is 5.64. The van der Waals surface area contributed by atoms with Crippen LogP contribution in [0.1, 0.15) is 46.2 Å². The lowest BCUT2D eigenvalue weighted by molar-refractivity contribution is -0.116. The van der Waals surface area contributed by atoms with Crippen molar-refractivity contribution < 1.29 is 19.1 Å². The Morgan fingerprint density at radius 2 is 1.92 bits per heavy atom. The van der Waals surface area contributed by atoms with Gasteiger partial charge in [0.05, 0.1) is 19.4 Å². The first-order valence-electron chi connectivity index (χ1n) is 8.67. The van der Waals surface area contributed by atoms with Crippen LogP contribution in [0, 0.1) is 20.8 Å². The van der Waals surface area contributed by atoms with E-state index in [-0.39, 0.29) is 11.9 Å². The number of aromatic amines is 1. The number of hydrogen-bond donors (Lipinski definition) is 2. The molecule has 2 rings (SSSR count). The van der Waals surface area contributed by atoms with Crippen LogP contribution in [-0.2, 0) is 16.0 Å². The summed E-state index contributed by atoms with van der Waals surface area (Å²) in [5, 5.41) is 2.90. The summed E-state index contributed by atoms with van der Waals surface area (Å²) in [7, 11) is 1.57. The van der Waals surface area contributed by atoms with Crippen LogP contribution in [0.5, 0.6) is 5.75 Å². The first-order chi connectivity index (χ1) is 12.4. The van der Waals surface area contributed by atoms with E-state index in [1.165, 1.54) is 0 Å². The monoisotopic (exact) mass is 358 g/mol. The molecule has 1 amide bonds. The van der Waals surface area contributed by atoms with Crippen LogP contribution in [0.2, 0.25) is 0 Å². The molecule has 0 aliphatic heterocycles. The van der Waals surface area contributed by atoms with Crippen molar-refractivity contribution in [2.24, 2.45) is 0 Å². The van der Waals surface area contributed by atoms with Crippen LogP contribution in [0.3, 0.4) is 0 Å². The third-order valence-corrected chi connectivity index (χ3v) is 4.30. The number of anilines is 1. The predicted octanol–water partition coefficient (Wildman–Crippen LogP) is 3.70. The Bertz CT molecular complexity index is 808. The van der Waals surface area contributed by atoms with E-state index in [0.717, 1.165) is 22.4 Å². The largest absolute Gasteiger partial charge is 0.495 e. The zero-order valence-corrected chi connectivity index (χ0v) is 16.0. The highest BCUT2D eigenvalue weighted by molar-refractivity contribution is 5.93. The molecular formula is C20H26N2O4. The minimum atomic E-state index is -0.367. The molecule has 0 unspecified atom stereocenters. The maximum atomic E-state index is 12.4. The lowest BCUT2D eigenvalue weighted by atomic mass is 10.0. The van der Waals surface area contributed by atoms with Gasteiger partial charge in [0.2, 0.25) is 5.91 Å². The third-order valence-electron chi connectivity index (χ3n) is 4.30. The number of aryl methyl sites for hydroxylation is 2. The van der Waals surface area contributed by atoms with Crippen molar-refractivity contribution in [3.63, 3.8) is 0 Å². The highest BCUT2D eigenvalue weighted by atomic mass is 16.5. The zero-order chi connectivity index (χ0) is 19.3. The SMILES string of the molecule is CCOC(=O)c1[nH]c(C)c(CCC(=O)Nc2cc(C)ccc2OC)c1C. The van der Waals surface area contributed by atoms with Crippen molar-refractivity contribution >= 4 is 17.6 Å².